The smallest absolute Gasteiger partial charge is 0.456 e. The highest BCUT2D eigenvalue weighted by Crippen LogP contribution is 2.43. The fourth-order valence-electron chi connectivity index (χ4n) is 9.19. The monoisotopic (exact) mass is 1180 g/mol. The van der Waals surface area contributed by atoms with Crippen molar-refractivity contribution in [2.24, 2.45) is 0 Å². The lowest BCUT2D eigenvalue weighted by Crippen LogP contribution is -2.47. The van der Waals surface area contributed by atoms with Gasteiger partial charge in [0, 0.05) is 12.8 Å². The van der Waals surface area contributed by atoms with Gasteiger partial charge in [0.05, 0.1) is 33.8 Å². The molecule has 0 aromatic carbocycles. The van der Waals surface area contributed by atoms with E-state index in [1.807, 2.05) is 33.3 Å². The number of amides is 1. The molecule has 0 heterocycles. The van der Waals surface area contributed by atoms with E-state index in [2.05, 4.69) is 135 Å². The van der Waals surface area contributed by atoms with Gasteiger partial charge >= 0.3 is 13.8 Å². The standard InChI is InChI=1S/C73H127N2O7P/c1-7-10-13-16-19-22-25-28-30-32-33-34-35-36-37-38-39-40-41-43-45-48-51-54-57-60-63-66-73(77)82-71(64-61-58-55-52-49-46-27-24-21-18-15-12-9-3)70(69-81-83(78,79)80-68-67-75(4,5)6)74-72(76)65-62-59-56-53-50-47-44-42-31-29-26-23-20-17-14-11-8-2/h10,13,19-20,22-23,28-31,33-34,36-37,39-40,44,47,61,64,70-71H,7-9,11-12,14-18,21,24-27,32,35,38,41-43,45-46,48-60,62-63,65-69H2,1-6H3,(H-,74,76,78,79)/p+1/b13-10-,22-19-,23-20-,30-28-,31-29-,34-33-,37-36-,40-39-,47-44-,64-61-. The molecule has 0 rings (SSSR count). The second kappa shape index (κ2) is 61.5. The van der Waals surface area contributed by atoms with Crippen molar-refractivity contribution < 1.29 is 37.3 Å². The van der Waals surface area contributed by atoms with E-state index < -0.39 is 20.0 Å². The number of phosphoric acid groups is 1. The zero-order valence-corrected chi connectivity index (χ0v) is 55.3. The lowest BCUT2D eigenvalue weighted by Gasteiger charge is -2.27. The molecule has 0 spiro atoms. The van der Waals surface area contributed by atoms with Crippen LogP contribution in [0, 0.1) is 0 Å². The molecule has 1 amide bonds. The summed E-state index contributed by atoms with van der Waals surface area (Å²) in [5, 5.41) is 3.05. The predicted molar refractivity (Wildman–Crippen MR) is 360 cm³/mol. The molecule has 10 heteroatoms. The SMILES string of the molecule is CC/C=C\C/C=C\C/C=C\C/C=C\C/C=C\C/C=C\CCCCCCCCCCC(=O)OC(/C=C\CCCCCCCCCCCCC)C(COP(=O)(O)OCC[N+](C)(C)C)NC(=O)CCCCCC/C=C\C/C=C\C/C=C\CCCCC. The van der Waals surface area contributed by atoms with Crippen LogP contribution in [-0.4, -0.2) is 74.3 Å². The third-order valence-electron chi connectivity index (χ3n) is 14.4. The Morgan fingerprint density at radius 1 is 0.434 bits per heavy atom. The highest BCUT2D eigenvalue weighted by molar-refractivity contribution is 7.47. The first-order valence-corrected chi connectivity index (χ1v) is 35.4. The third kappa shape index (κ3) is 62.8. The van der Waals surface area contributed by atoms with E-state index in [4.69, 9.17) is 13.8 Å². The Labute approximate surface area is 512 Å². The normalized spacial score (nSPS) is 14.3. The highest BCUT2D eigenvalue weighted by Gasteiger charge is 2.30. The molecular weight excluding hydrogens is 1050 g/mol. The molecule has 0 saturated heterocycles. The van der Waals surface area contributed by atoms with E-state index >= 15 is 0 Å². The van der Waals surface area contributed by atoms with Gasteiger partial charge in [-0.2, -0.15) is 0 Å². The van der Waals surface area contributed by atoms with Crippen molar-refractivity contribution in [3.8, 4) is 0 Å². The quantitative estimate of drug-likeness (QED) is 0.0205. The van der Waals surface area contributed by atoms with Crippen molar-refractivity contribution >= 4 is 19.7 Å². The second-order valence-corrected chi connectivity index (χ2v) is 25.1. The number of rotatable bonds is 60. The van der Waals surface area contributed by atoms with Gasteiger partial charge in [-0.25, -0.2) is 4.57 Å². The number of allylic oxidation sites excluding steroid dienone is 19. The fraction of sp³-hybridized carbons (Fsp3) is 0.699. The van der Waals surface area contributed by atoms with Crippen LogP contribution in [0.4, 0.5) is 0 Å². The fourth-order valence-corrected chi connectivity index (χ4v) is 9.92. The van der Waals surface area contributed by atoms with E-state index in [9.17, 15) is 19.0 Å². The maximum Gasteiger partial charge on any atom is 0.472 e. The minimum absolute atomic E-state index is 0.0284. The second-order valence-electron chi connectivity index (χ2n) is 23.6. The molecular formula is C73H128N2O7P+. The summed E-state index contributed by atoms with van der Waals surface area (Å²) in [5.41, 5.74) is 0. The van der Waals surface area contributed by atoms with Crippen molar-refractivity contribution in [1.29, 1.82) is 0 Å². The van der Waals surface area contributed by atoms with Crippen molar-refractivity contribution in [1.82, 2.24) is 5.32 Å². The van der Waals surface area contributed by atoms with Crippen molar-refractivity contribution in [3.63, 3.8) is 0 Å². The van der Waals surface area contributed by atoms with Crippen LogP contribution in [0.3, 0.4) is 0 Å². The van der Waals surface area contributed by atoms with Crippen LogP contribution < -0.4 is 5.32 Å². The molecule has 0 bridgehead atoms. The summed E-state index contributed by atoms with van der Waals surface area (Å²) in [5.74, 6) is -0.543. The van der Waals surface area contributed by atoms with E-state index in [-0.39, 0.29) is 31.5 Å². The van der Waals surface area contributed by atoms with Gasteiger partial charge in [-0.15, -0.1) is 0 Å². The number of phosphoric ester groups is 1. The van der Waals surface area contributed by atoms with Crippen LogP contribution in [-0.2, 0) is 27.9 Å². The largest absolute Gasteiger partial charge is 0.472 e. The Kier molecular flexibility index (Phi) is 58.8. The summed E-state index contributed by atoms with van der Waals surface area (Å²) in [6.07, 6.45) is 86.3. The minimum Gasteiger partial charge on any atom is -0.456 e. The molecule has 3 unspecified atom stereocenters. The number of carbonyl (C=O) groups is 2. The maximum atomic E-state index is 13.6. The number of hydrogen-bond acceptors (Lipinski definition) is 6. The number of carbonyl (C=O) groups excluding carboxylic acids is 2. The number of quaternary nitrogens is 1. The number of esters is 1. The average molecular weight is 1180 g/mol. The van der Waals surface area contributed by atoms with Crippen molar-refractivity contribution in [2.45, 2.75) is 290 Å². The number of hydrogen-bond donors (Lipinski definition) is 2. The zero-order chi connectivity index (χ0) is 60.7. The molecule has 2 N–H and O–H groups in total. The van der Waals surface area contributed by atoms with Gasteiger partial charge in [0.2, 0.25) is 5.91 Å². The Morgan fingerprint density at radius 2 is 0.771 bits per heavy atom. The first-order chi connectivity index (χ1) is 40.4. The summed E-state index contributed by atoms with van der Waals surface area (Å²) in [6, 6.07) is -0.872. The van der Waals surface area contributed by atoms with E-state index in [0.29, 0.717) is 23.9 Å². The molecule has 0 radical (unpaired) electrons. The first kappa shape index (κ1) is 79.4. The third-order valence-corrected chi connectivity index (χ3v) is 15.4. The number of unbranched alkanes of at least 4 members (excludes halogenated alkanes) is 26. The molecule has 0 aliphatic carbocycles. The van der Waals surface area contributed by atoms with Crippen molar-refractivity contribution in [2.75, 3.05) is 40.9 Å². The summed E-state index contributed by atoms with van der Waals surface area (Å²) in [4.78, 5) is 37.8. The Hall–Kier alpha value is -3.59. The van der Waals surface area contributed by atoms with E-state index in [0.717, 1.165) is 128 Å². The molecule has 0 aromatic rings. The van der Waals surface area contributed by atoms with Crippen LogP contribution in [0.15, 0.2) is 122 Å². The lowest BCUT2D eigenvalue weighted by molar-refractivity contribution is -0.870. The average Bonchev–Trinajstić information content (AvgIpc) is 3.47. The molecule has 0 aliphatic heterocycles. The van der Waals surface area contributed by atoms with Crippen LogP contribution in [0.25, 0.3) is 0 Å². The first-order valence-electron chi connectivity index (χ1n) is 33.9. The topological polar surface area (TPSA) is 111 Å². The van der Waals surface area contributed by atoms with Gasteiger partial charge in [-0.3, -0.25) is 18.6 Å². The van der Waals surface area contributed by atoms with Crippen LogP contribution in [0.5, 0.6) is 0 Å². The summed E-state index contributed by atoms with van der Waals surface area (Å²) < 4.78 is 30.8. The molecule has 0 fully saturated rings. The van der Waals surface area contributed by atoms with Crippen LogP contribution in [0.2, 0.25) is 0 Å². The highest BCUT2D eigenvalue weighted by atomic mass is 31.2. The van der Waals surface area contributed by atoms with Crippen LogP contribution in [0.1, 0.15) is 278 Å². The lowest BCUT2D eigenvalue weighted by atomic mass is 10.0. The van der Waals surface area contributed by atoms with Gasteiger partial charge in [0.15, 0.2) is 0 Å². The minimum atomic E-state index is -4.47. The zero-order valence-electron chi connectivity index (χ0n) is 54.4. The van der Waals surface area contributed by atoms with Gasteiger partial charge in [-0.1, -0.05) is 265 Å². The molecule has 9 nitrogen and oxygen atoms in total. The number of likely N-dealkylation sites (N-methyl/N-ethyl adjacent to an activating group) is 1. The van der Waals surface area contributed by atoms with Gasteiger partial charge in [-0.05, 0) is 122 Å². The number of nitrogens with zero attached hydrogens (tertiary/aromatic N) is 1. The summed E-state index contributed by atoms with van der Waals surface area (Å²) in [6.45, 7) is 6.85. The Bertz CT molecular complexity index is 1830. The number of nitrogens with one attached hydrogen (secondary N) is 1. The summed E-state index contributed by atoms with van der Waals surface area (Å²) >= 11 is 0. The van der Waals surface area contributed by atoms with Gasteiger partial charge in [0.25, 0.3) is 0 Å². The van der Waals surface area contributed by atoms with Gasteiger partial charge in [0.1, 0.15) is 19.3 Å². The molecule has 0 aliphatic rings. The number of ether oxygens (including phenoxy) is 1. The molecule has 0 saturated carbocycles. The van der Waals surface area contributed by atoms with E-state index in [1.165, 1.54) is 109 Å². The molecule has 83 heavy (non-hydrogen) atoms. The summed E-state index contributed by atoms with van der Waals surface area (Å²) in [7, 11) is 1.46. The van der Waals surface area contributed by atoms with Gasteiger partial charge < -0.3 is 19.4 Å². The van der Waals surface area contributed by atoms with Crippen LogP contribution >= 0.6 is 7.82 Å². The van der Waals surface area contributed by atoms with Crippen molar-refractivity contribution in [3.05, 3.63) is 122 Å². The van der Waals surface area contributed by atoms with E-state index in [1.54, 1.807) is 0 Å². The Morgan fingerprint density at radius 3 is 1.18 bits per heavy atom. The predicted octanol–water partition coefficient (Wildman–Crippen LogP) is 21.4. The Balaban J connectivity index is 5.20. The molecule has 3 atom stereocenters. The molecule has 0 aromatic heterocycles. The maximum absolute atomic E-state index is 13.6. The molecule has 476 valence electrons.